The predicted molar refractivity (Wildman–Crippen MR) is 93.0 cm³/mol. The van der Waals surface area contributed by atoms with Crippen LogP contribution >= 0.6 is 0 Å². The van der Waals surface area contributed by atoms with E-state index in [-0.39, 0.29) is 5.72 Å². The molecule has 0 aromatic rings. The number of rotatable bonds is 9. The van der Waals surface area contributed by atoms with E-state index in [0.717, 1.165) is 24.8 Å². The maximum atomic E-state index is 5.55. The summed E-state index contributed by atoms with van der Waals surface area (Å²) in [5.41, 5.74) is 2.01. The Morgan fingerprint density at radius 1 is 1.43 bits per heavy atom. The second kappa shape index (κ2) is 10.4. The average molecular weight is 289 g/mol. The Bertz CT molecular complexity index is 419. The van der Waals surface area contributed by atoms with Crippen LogP contribution in [0, 0.1) is 18.3 Å². The third-order valence-electron chi connectivity index (χ3n) is 4.03. The van der Waals surface area contributed by atoms with Gasteiger partial charge in [0.15, 0.2) is 0 Å². The molecular weight excluding hydrogens is 258 g/mol. The first-order valence-corrected chi connectivity index (χ1v) is 7.68. The minimum absolute atomic E-state index is 0.265. The SMILES string of the molecule is C#C/C(C)=C/C=C(\C=C/C)C(CC)CCC(C)(NC)OC. The summed E-state index contributed by atoms with van der Waals surface area (Å²) >= 11 is 0. The van der Waals surface area contributed by atoms with E-state index in [9.17, 15) is 0 Å². The lowest BCUT2D eigenvalue weighted by molar-refractivity contribution is -0.0277. The first kappa shape index (κ1) is 19.7. The monoisotopic (exact) mass is 289 g/mol. The summed E-state index contributed by atoms with van der Waals surface area (Å²) in [4.78, 5) is 0. The van der Waals surface area contributed by atoms with E-state index in [1.54, 1.807) is 7.11 Å². The number of methoxy groups -OCH3 is 1. The smallest absolute Gasteiger partial charge is 0.115 e. The molecule has 0 rings (SSSR count). The van der Waals surface area contributed by atoms with Crippen molar-refractivity contribution in [2.45, 2.75) is 52.7 Å². The number of hydrogen-bond acceptors (Lipinski definition) is 2. The van der Waals surface area contributed by atoms with Gasteiger partial charge >= 0.3 is 0 Å². The first-order chi connectivity index (χ1) is 9.96. The van der Waals surface area contributed by atoms with E-state index in [4.69, 9.17) is 11.2 Å². The molecule has 2 atom stereocenters. The lowest BCUT2D eigenvalue weighted by Gasteiger charge is -2.29. The van der Waals surface area contributed by atoms with E-state index in [0.29, 0.717) is 5.92 Å². The van der Waals surface area contributed by atoms with E-state index in [1.165, 1.54) is 5.57 Å². The van der Waals surface area contributed by atoms with Crippen LogP contribution in [0.1, 0.15) is 47.0 Å². The fraction of sp³-hybridized carbons (Fsp3) is 0.579. The largest absolute Gasteiger partial charge is 0.364 e. The molecular formula is C19H31NO. The Morgan fingerprint density at radius 3 is 2.52 bits per heavy atom. The molecule has 0 heterocycles. The molecule has 2 unspecified atom stereocenters. The number of hydrogen-bond donors (Lipinski definition) is 1. The van der Waals surface area contributed by atoms with Gasteiger partial charge in [-0.3, -0.25) is 5.32 Å². The van der Waals surface area contributed by atoms with Crippen molar-refractivity contribution in [3.8, 4) is 12.3 Å². The Hall–Kier alpha value is -1.30. The molecule has 0 bridgehead atoms. The Morgan fingerprint density at radius 2 is 2.10 bits per heavy atom. The highest BCUT2D eigenvalue weighted by Crippen LogP contribution is 2.26. The zero-order valence-corrected chi connectivity index (χ0v) is 14.5. The molecule has 0 amide bonds. The van der Waals surface area contributed by atoms with Gasteiger partial charge in [-0.05, 0) is 64.1 Å². The van der Waals surface area contributed by atoms with Crippen LogP contribution in [0.3, 0.4) is 0 Å². The Labute approximate surface area is 131 Å². The number of nitrogens with one attached hydrogen (secondary N) is 1. The van der Waals surface area contributed by atoms with Gasteiger partial charge < -0.3 is 4.74 Å². The molecule has 118 valence electrons. The molecule has 0 aromatic carbocycles. The standard InChI is InChI=1S/C19H31NO/c1-8-11-18(13-12-16(4)9-2)17(10-3)14-15-19(5,20-6)21-7/h2,8,11-13,17,20H,10,14-15H2,1,3-7H3/b11-8-,16-12+,18-13+. The molecule has 0 saturated carbocycles. The zero-order chi connectivity index (χ0) is 16.3. The lowest BCUT2D eigenvalue weighted by atomic mass is 9.88. The highest BCUT2D eigenvalue weighted by molar-refractivity contribution is 5.32. The summed E-state index contributed by atoms with van der Waals surface area (Å²) in [6, 6.07) is 0. The first-order valence-electron chi connectivity index (χ1n) is 7.68. The van der Waals surface area contributed by atoms with Crippen molar-refractivity contribution in [2.24, 2.45) is 5.92 Å². The molecule has 0 aliphatic rings. The molecule has 2 nitrogen and oxygen atoms in total. The lowest BCUT2D eigenvalue weighted by Crippen LogP contribution is -2.41. The fourth-order valence-corrected chi connectivity index (χ4v) is 2.17. The van der Waals surface area contributed by atoms with Gasteiger partial charge in [-0.1, -0.05) is 37.1 Å². The molecule has 0 fully saturated rings. The number of ether oxygens (including phenoxy) is 1. The Balaban J connectivity index is 5.06. The second-order valence-electron chi connectivity index (χ2n) is 5.49. The van der Waals surface area contributed by atoms with E-state index in [1.807, 2.05) is 27.0 Å². The van der Waals surface area contributed by atoms with Crippen LogP contribution in [0.15, 0.2) is 35.5 Å². The van der Waals surface area contributed by atoms with Crippen molar-refractivity contribution in [3.05, 3.63) is 35.5 Å². The van der Waals surface area contributed by atoms with Gasteiger partial charge in [0.1, 0.15) is 5.72 Å². The summed E-state index contributed by atoms with van der Waals surface area (Å²) in [6.07, 6.45) is 17.0. The number of terminal acetylenes is 1. The van der Waals surface area contributed by atoms with E-state index >= 15 is 0 Å². The summed E-state index contributed by atoms with van der Waals surface area (Å²) in [5, 5.41) is 3.24. The topological polar surface area (TPSA) is 21.3 Å². The predicted octanol–water partition coefficient (Wildman–Crippen LogP) is 4.46. The Kier molecular flexibility index (Phi) is 9.78. The highest BCUT2D eigenvalue weighted by Gasteiger charge is 2.22. The van der Waals surface area contributed by atoms with Gasteiger partial charge in [-0.25, -0.2) is 0 Å². The van der Waals surface area contributed by atoms with Gasteiger partial charge in [-0.2, -0.15) is 0 Å². The van der Waals surface area contributed by atoms with Crippen LogP contribution in [-0.4, -0.2) is 19.9 Å². The van der Waals surface area contributed by atoms with Crippen LogP contribution in [-0.2, 0) is 4.74 Å². The van der Waals surface area contributed by atoms with Crippen LogP contribution < -0.4 is 5.32 Å². The highest BCUT2D eigenvalue weighted by atomic mass is 16.5. The summed E-state index contributed by atoms with van der Waals surface area (Å²) in [6.45, 7) is 8.31. The van der Waals surface area contributed by atoms with Crippen LogP contribution in [0.25, 0.3) is 0 Å². The quantitative estimate of drug-likeness (QED) is 0.384. The minimum atomic E-state index is -0.265. The third kappa shape index (κ3) is 7.32. The zero-order valence-electron chi connectivity index (χ0n) is 14.5. The van der Waals surface area contributed by atoms with Gasteiger partial charge in [0, 0.05) is 7.11 Å². The van der Waals surface area contributed by atoms with Crippen molar-refractivity contribution in [1.82, 2.24) is 5.32 Å². The second-order valence-corrected chi connectivity index (χ2v) is 5.49. The maximum absolute atomic E-state index is 5.55. The molecule has 0 radical (unpaired) electrons. The fourth-order valence-electron chi connectivity index (χ4n) is 2.17. The summed E-state index contributed by atoms with van der Waals surface area (Å²) < 4.78 is 5.55. The van der Waals surface area contributed by atoms with Gasteiger partial charge in [0.2, 0.25) is 0 Å². The average Bonchev–Trinajstić information content (AvgIpc) is 2.52. The van der Waals surface area contributed by atoms with Crippen molar-refractivity contribution >= 4 is 0 Å². The molecule has 2 heteroatoms. The molecule has 0 aliphatic heterocycles. The summed E-state index contributed by atoms with van der Waals surface area (Å²) in [5.74, 6) is 3.16. The van der Waals surface area contributed by atoms with E-state index < -0.39 is 0 Å². The van der Waals surface area contributed by atoms with Crippen molar-refractivity contribution in [2.75, 3.05) is 14.2 Å². The van der Waals surface area contributed by atoms with Crippen molar-refractivity contribution in [1.29, 1.82) is 0 Å². The molecule has 0 spiro atoms. The summed E-state index contributed by atoms with van der Waals surface area (Å²) in [7, 11) is 3.69. The molecule has 0 saturated heterocycles. The molecule has 0 aliphatic carbocycles. The molecule has 0 aromatic heterocycles. The van der Waals surface area contributed by atoms with Crippen molar-refractivity contribution in [3.63, 3.8) is 0 Å². The van der Waals surface area contributed by atoms with Gasteiger partial charge in [0.25, 0.3) is 0 Å². The molecule has 21 heavy (non-hydrogen) atoms. The van der Waals surface area contributed by atoms with E-state index in [2.05, 4.69) is 43.3 Å². The number of allylic oxidation sites excluding steroid dienone is 6. The minimum Gasteiger partial charge on any atom is -0.364 e. The third-order valence-corrected chi connectivity index (χ3v) is 4.03. The van der Waals surface area contributed by atoms with Crippen LogP contribution in [0.4, 0.5) is 0 Å². The van der Waals surface area contributed by atoms with Gasteiger partial charge in [-0.15, -0.1) is 6.42 Å². The van der Waals surface area contributed by atoms with Crippen LogP contribution in [0.2, 0.25) is 0 Å². The van der Waals surface area contributed by atoms with Crippen molar-refractivity contribution < 1.29 is 4.74 Å². The normalized spacial score (nSPS) is 17.6. The van der Waals surface area contributed by atoms with Gasteiger partial charge in [0.05, 0.1) is 0 Å². The molecule has 1 N–H and O–H groups in total. The van der Waals surface area contributed by atoms with Crippen LogP contribution in [0.5, 0.6) is 0 Å². The maximum Gasteiger partial charge on any atom is 0.115 e.